The Hall–Kier alpha value is -4.01. The maximum Gasteiger partial charge on any atom is 0.326 e. The van der Waals surface area contributed by atoms with Crippen molar-refractivity contribution in [3.63, 3.8) is 0 Å². The molecule has 0 atom stereocenters. The molecule has 1 aliphatic rings. The molecule has 0 unspecified atom stereocenters. The van der Waals surface area contributed by atoms with Crippen molar-refractivity contribution in [3.8, 4) is 11.4 Å². The summed E-state index contributed by atoms with van der Waals surface area (Å²) in [6.45, 7) is 3.61. The fraction of sp³-hybridized carbons (Fsp3) is 0.292. The number of benzene rings is 1. The van der Waals surface area contributed by atoms with Gasteiger partial charge in [0, 0.05) is 44.1 Å². The van der Waals surface area contributed by atoms with Crippen LogP contribution in [-0.2, 0) is 7.05 Å². The van der Waals surface area contributed by atoms with Crippen LogP contribution in [0.25, 0.3) is 33.6 Å². The third-order valence-electron chi connectivity index (χ3n) is 6.52. The number of rotatable bonds is 3. The molecular weight excluding hydrogens is 416 g/mol. The lowest BCUT2D eigenvalue weighted by Gasteiger charge is -2.33. The number of aromatic amines is 1. The van der Waals surface area contributed by atoms with Gasteiger partial charge in [0.15, 0.2) is 17.0 Å². The number of aryl methyl sites for hydroxylation is 2. The van der Waals surface area contributed by atoms with E-state index >= 15 is 0 Å². The van der Waals surface area contributed by atoms with E-state index in [-0.39, 0.29) is 11.7 Å². The van der Waals surface area contributed by atoms with E-state index in [0.717, 1.165) is 70.9 Å². The van der Waals surface area contributed by atoms with Crippen molar-refractivity contribution in [1.29, 1.82) is 0 Å². The normalized spacial score (nSPS) is 15.0. The molecule has 0 aliphatic carbocycles. The Morgan fingerprint density at radius 2 is 1.91 bits per heavy atom. The molecule has 5 heterocycles. The Kier molecular flexibility index (Phi) is 4.49. The number of piperidine rings is 1. The van der Waals surface area contributed by atoms with E-state index < -0.39 is 0 Å². The highest BCUT2D eigenvalue weighted by atomic mass is 16.1. The van der Waals surface area contributed by atoms with Gasteiger partial charge in [0.05, 0.1) is 11.0 Å². The van der Waals surface area contributed by atoms with E-state index in [2.05, 4.69) is 30.9 Å². The number of anilines is 1. The quantitative estimate of drug-likeness (QED) is 0.463. The lowest BCUT2D eigenvalue weighted by molar-refractivity contribution is 0.395. The number of nitrogens with zero attached hydrogens (tertiary/aromatic N) is 7. The van der Waals surface area contributed by atoms with Gasteiger partial charge >= 0.3 is 5.69 Å². The summed E-state index contributed by atoms with van der Waals surface area (Å²) in [6.07, 6.45) is 6.98. The molecule has 5 aromatic rings. The van der Waals surface area contributed by atoms with Crippen LogP contribution < -0.4 is 10.6 Å². The number of nitrogens with one attached hydrogen (secondary N) is 1. The van der Waals surface area contributed by atoms with E-state index in [0.29, 0.717) is 0 Å². The van der Waals surface area contributed by atoms with Crippen LogP contribution in [0.4, 0.5) is 5.82 Å². The highest BCUT2D eigenvalue weighted by molar-refractivity contribution is 5.86. The minimum atomic E-state index is -0.0415. The maximum absolute atomic E-state index is 12.6. The van der Waals surface area contributed by atoms with E-state index in [1.807, 2.05) is 59.8 Å². The zero-order valence-corrected chi connectivity index (χ0v) is 18.6. The Balaban J connectivity index is 1.32. The molecule has 0 amide bonds. The van der Waals surface area contributed by atoms with Gasteiger partial charge < -0.3 is 14.5 Å². The van der Waals surface area contributed by atoms with Crippen molar-refractivity contribution >= 4 is 28.0 Å². The predicted molar refractivity (Wildman–Crippen MR) is 127 cm³/mol. The number of fused-ring (bicyclic) bond motifs is 2. The molecule has 1 aromatic carbocycles. The smallest absolute Gasteiger partial charge is 0.326 e. The van der Waals surface area contributed by atoms with Gasteiger partial charge in [0.1, 0.15) is 12.2 Å². The molecule has 0 saturated carbocycles. The number of pyridine rings is 1. The van der Waals surface area contributed by atoms with Gasteiger partial charge in [-0.2, -0.15) is 0 Å². The third-order valence-corrected chi connectivity index (χ3v) is 6.52. The second kappa shape index (κ2) is 7.54. The molecular formula is C24H24N8O. The van der Waals surface area contributed by atoms with E-state index in [1.165, 1.54) is 0 Å². The summed E-state index contributed by atoms with van der Waals surface area (Å²) in [5.41, 5.74) is 5.44. The molecule has 6 rings (SSSR count). The van der Waals surface area contributed by atoms with Gasteiger partial charge in [-0.05, 0) is 43.5 Å². The lowest BCUT2D eigenvalue weighted by Crippen LogP contribution is -2.37. The number of H-pyrrole nitrogens is 1. The first-order valence-corrected chi connectivity index (χ1v) is 11.1. The summed E-state index contributed by atoms with van der Waals surface area (Å²) in [6, 6.07) is 10.1. The zero-order chi connectivity index (χ0) is 22.5. The molecule has 9 heteroatoms. The predicted octanol–water partition coefficient (Wildman–Crippen LogP) is 3.22. The van der Waals surface area contributed by atoms with Crippen LogP contribution in [0.1, 0.15) is 24.4 Å². The van der Waals surface area contributed by atoms with Crippen LogP contribution in [-0.4, -0.2) is 47.1 Å². The molecule has 0 radical (unpaired) electrons. The van der Waals surface area contributed by atoms with E-state index in [1.54, 1.807) is 6.33 Å². The first-order chi connectivity index (χ1) is 16.1. The average Bonchev–Trinajstić information content (AvgIpc) is 3.35. The van der Waals surface area contributed by atoms with Crippen molar-refractivity contribution < 1.29 is 0 Å². The Labute approximate surface area is 189 Å². The monoisotopic (exact) mass is 440 g/mol. The molecule has 0 spiro atoms. The second-order valence-electron chi connectivity index (χ2n) is 8.65. The highest BCUT2D eigenvalue weighted by Gasteiger charge is 2.26. The Morgan fingerprint density at radius 3 is 2.73 bits per heavy atom. The zero-order valence-electron chi connectivity index (χ0n) is 18.6. The average molecular weight is 441 g/mol. The Morgan fingerprint density at radius 1 is 1.09 bits per heavy atom. The summed E-state index contributed by atoms with van der Waals surface area (Å²) < 4.78 is 3.90. The SMILES string of the molecule is Cc1cncc(-c2nc3c(N4CCC(n5c(=O)[nH]c6ccccc65)CC4)ncnc3n2C)c1. The number of hydrogen-bond donors (Lipinski definition) is 1. The summed E-state index contributed by atoms with van der Waals surface area (Å²) >= 11 is 0. The lowest BCUT2D eigenvalue weighted by atomic mass is 10.0. The number of hydrogen-bond acceptors (Lipinski definition) is 6. The van der Waals surface area contributed by atoms with Gasteiger partial charge in [0.2, 0.25) is 0 Å². The van der Waals surface area contributed by atoms with Crippen LogP contribution in [0.2, 0.25) is 0 Å². The molecule has 9 nitrogen and oxygen atoms in total. The molecule has 1 fully saturated rings. The fourth-order valence-electron chi connectivity index (χ4n) is 4.93. The van der Waals surface area contributed by atoms with Crippen molar-refractivity contribution in [2.45, 2.75) is 25.8 Å². The molecule has 1 saturated heterocycles. The number of imidazole rings is 2. The van der Waals surface area contributed by atoms with Crippen LogP contribution in [0.3, 0.4) is 0 Å². The van der Waals surface area contributed by atoms with E-state index in [9.17, 15) is 4.79 Å². The summed E-state index contributed by atoms with van der Waals surface area (Å²) in [5.74, 6) is 1.66. The third kappa shape index (κ3) is 3.19. The number of aromatic nitrogens is 7. The second-order valence-corrected chi connectivity index (χ2v) is 8.65. The van der Waals surface area contributed by atoms with E-state index in [4.69, 9.17) is 4.98 Å². The number of para-hydroxylation sites is 2. The fourth-order valence-corrected chi connectivity index (χ4v) is 4.93. The molecule has 0 bridgehead atoms. The van der Waals surface area contributed by atoms with Crippen molar-refractivity contribution in [1.82, 2.24) is 34.1 Å². The molecule has 1 aliphatic heterocycles. The molecule has 4 aromatic heterocycles. The van der Waals surface area contributed by atoms with Gasteiger partial charge in [-0.15, -0.1) is 0 Å². The molecule has 33 heavy (non-hydrogen) atoms. The topological polar surface area (TPSA) is 97.5 Å². The van der Waals surface area contributed by atoms with Crippen molar-refractivity contribution in [2.75, 3.05) is 18.0 Å². The summed E-state index contributed by atoms with van der Waals surface area (Å²) in [7, 11) is 1.97. The minimum absolute atomic E-state index is 0.0415. The van der Waals surface area contributed by atoms with Crippen LogP contribution >= 0.6 is 0 Å². The Bertz CT molecular complexity index is 1540. The van der Waals surface area contributed by atoms with Gasteiger partial charge in [-0.3, -0.25) is 9.55 Å². The van der Waals surface area contributed by atoms with Crippen LogP contribution in [0, 0.1) is 6.92 Å². The van der Waals surface area contributed by atoms with Gasteiger partial charge in [0.25, 0.3) is 0 Å². The van der Waals surface area contributed by atoms with Gasteiger partial charge in [-0.25, -0.2) is 19.7 Å². The minimum Gasteiger partial charge on any atom is -0.355 e. The molecule has 1 N–H and O–H groups in total. The van der Waals surface area contributed by atoms with Crippen molar-refractivity contribution in [3.05, 3.63) is 65.1 Å². The summed E-state index contributed by atoms with van der Waals surface area (Å²) in [5, 5.41) is 0. The summed E-state index contributed by atoms with van der Waals surface area (Å²) in [4.78, 5) is 36.2. The first kappa shape index (κ1) is 19.7. The first-order valence-electron chi connectivity index (χ1n) is 11.1. The molecule has 166 valence electrons. The van der Waals surface area contributed by atoms with Crippen LogP contribution in [0.5, 0.6) is 0 Å². The largest absolute Gasteiger partial charge is 0.355 e. The highest BCUT2D eigenvalue weighted by Crippen LogP contribution is 2.31. The van der Waals surface area contributed by atoms with Gasteiger partial charge in [-0.1, -0.05) is 12.1 Å². The standard InChI is InChI=1S/C24H24N8O/c1-15-11-16(13-25-12-15)21-29-20-22(30(21)2)26-14-27-23(20)31-9-7-17(8-10-31)32-19-6-4-3-5-18(19)28-24(32)33/h3-6,11-14,17H,7-10H2,1-2H3,(H,28,33). The van der Waals surface area contributed by atoms with Crippen LogP contribution in [0.15, 0.2) is 53.8 Å². The van der Waals surface area contributed by atoms with Crippen molar-refractivity contribution in [2.24, 2.45) is 7.05 Å². The maximum atomic E-state index is 12.6.